The summed E-state index contributed by atoms with van der Waals surface area (Å²) in [6, 6.07) is 12.1. The fourth-order valence-corrected chi connectivity index (χ4v) is 4.41. The van der Waals surface area contributed by atoms with Gasteiger partial charge >= 0.3 is 0 Å². The van der Waals surface area contributed by atoms with Crippen LogP contribution in [0.15, 0.2) is 47.4 Å². The first kappa shape index (κ1) is 22.9. The average Bonchev–Trinajstić information content (AvgIpc) is 2.69. The van der Waals surface area contributed by atoms with Gasteiger partial charge in [-0.05, 0) is 61.7 Å². The number of anilines is 1. The second-order valence-electron chi connectivity index (χ2n) is 6.89. The molecule has 1 amide bonds. The highest BCUT2D eigenvalue weighted by Crippen LogP contribution is 2.22. The van der Waals surface area contributed by atoms with Gasteiger partial charge in [-0.25, -0.2) is 8.42 Å². The van der Waals surface area contributed by atoms with Crippen LogP contribution >= 0.6 is 0 Å². The van der Waals surface area contributed by atoms with E-state index < -0.39 is 16.1 Å². The van der Waals surface area contributed by atoms with E-state index in [1.165, 1.54) is 16.4 Å². The van der Waals surface area contributed by atoms with Gasteiger partial charge in [0, 0.05) is 18.8 Å². The molecule has 2 rings (SSSR count). The normalized spacial score (nSPS) is 12.6. The maximum Gasteiger partial charge on any atom is 0.265 e. The molecule has 0 heterocycles. The van der Waals surface area contributed by atoms with Crippen LogP contribution in [0.3, 0.4) is 0 Å². The molecule has 1 atom stereocenters. The van der Waals surface area contributed by atoms with E-state index in [2.05, 4.69) is 5.32 Å². The fraction of sp³-hybridized carbons (Fsp3) is 0.409. The van der Waals surface area contributed by atoms with Crippen LogP contribution in [0.1, 0.15) is 38.3 Å². The molecule has 2 aromatic carbocycles. The molecule has 7 heteroatoms. The summed E-state index contributed by atoms with van der Waals surface area (Å²) >= 11 is 0. The minimum Gasteiger partial charge on any atom is -0.480 e. The summed E-state index contributed by atoms with van der Waals surface area (Å²) in [7, 11) is -3.52. The molecule has 0 bridgehead atoms. The minimum atomic E-state index is -3.52. The molecular weight excluding hydrogens is 388 g/mol. The van der Waals surface area contributed by atoms with Crippen molar-refractivity contribution in [2.24, 2.45) is 0 Å². The standard InChI is InChI=1S/C22H30N2O4S/c1-6-20(28-21-15-16(4)9-10-17(21)5)22(25)23-18-11-13-19(14-12-18)29(26,27)24(7-2)8-3/h9-15,20H,6-8H2,1-5H3,(H,23,25)/t20-/m0/s1. The molecule has 0 spiro atoms. The van der Waals surface area contributed by atoms with Crippen molar-refractivity contribution in [3.05, 3.63) is 53.6 Å². The van der Waals surface area contributed by atoms with Gasteiger partial charge < -0.3 is 10.1 Å². The third-order valence-electron chi connectivity index (χ3n) is 4.74. The summed E-state index contributed by atoms with van der Waals surface area (Å²) in [5.41, 5.74) is 2.55. The van der Waals surface area contributed by atoms with Crippen LogP contribution in [0, 0.1) is 13.8 Å². The zero-order chi connectivity index (χ0) is 21.6. The Balaban J connectivity index is 2.12. The fourth-order valence-electron chi connectivity index (χ4n) is 2.96. The van der Waals surface area contributed by atoms with E-state index in [4.69, 9.17) is 4.74 Å². The van der Waals surface area contributed by atoms with Gasteiger partial charge in [-0.15, -0.1) is 0 Å². The van der Waals surface area contributed by atoms with E-state index in [0.717, 1.165) is 11.1 Å². The molecule has 158 valence electrons. The van der Waals surface area contributed by atoms with Crippen LogP contribution in [0.2, 0.25) is 0 Å². The quantitative estimate of drug-likeness (QED) is 0.664. The zero-order valence-electron chi connectivity index (χ0n) is 17.7. The van der Waals surface area contributed by atoms with E-state index in [1.54, 1.807) is 26.0 Å². The first-order valence-corrected chi connectivity index (χ1v) is 11.3. The SMILES string of the molecule is CC[C@H](Oc1cc(C)ccc1C)C(=O)Nc1ccc(S(=O)(=O)N(CC)CC)cc1. The van der Waals surface area contributed by atoms with Gasteiger partial charge in [-0.1, -0.05) is 32.9 Å². The second-order valence-corrected chi connectivity index (χ2v) is 8.82. The van der Waals surface area contributed by atoms with E-state index in [-0.39, 0.29) is 10.8 Å². The lowest BCUT2D eigenvalue weighted by Gasteiger charge is -2.20. The maximum atomic E-state index is 12.7. The van der Waals surface area contributed by atoms with Crippen LogP contribution in [0.25, 0.3) is 0 Å². The summed E-state index contributed by atoms with van der Waals surface area (Å²) in [4.78, 5) is 12.9. The predicted molar refractivity (Wildman–Crippen MR) is 116 cm³/mol. The Morgan fingerprint density at radius 2 is 1.66 bits per heavy atom. The molecule has 0 saturated carbocycles. The number of benzene rings is 2. The number of nitrogens with zero attached hydrogens (tertiary/aromatic N) is 1. The van der Waals surface area contributed by atoms with Crippen molar-refractivity contribution >= 4 is 21.6 Å². The third kappa shape index (κ3) is 5.58. The number of amides is 1. The number of hydrogen-bond acceptors (Lipinski definition) is 4. The highest BCUT2D eigenvalue weighted by atomic mass is 32.2. The van der Waals surface area contributed by atoms with Crippen molar-refractivity contribution in [2.45, 2.75) is 52.0 Å². The summed E-state index contributed by atoms with van der Waals surface area (Å²) in [6.45, 7) is 10.2. The molecule has 0 radical (unpaired) electrons. The van der Waals surface area contributed by atoms with E-state index in [9.17, 15) is 13.2 Å². The summed E-state index contributed by atoms with van der Waals surface area (Å²) < 4.78 is 32.5. The second kappa shape index (κ2) is 9.89. The minimum absolute atomic E-state index is 0.206. The van der Waals surface area contributed by atoms with E-state index in [1.807, 2.05) is 39.0 Å². The van der Waals surface area contributed by atoms with Crippen molar-refractivity contribution in [2.75, 3.05) is 18.4 Å². The number of ether oxygens (including phenoxy) is 1. The smallest absolute Gasteiger partial charge is 0.265 e. The van der Waals surface area contributed by atoms with Gasteiger partial charge in [0.15, 0.2) is 6.10 Å². The van der Waals surface area contributed by atoms with Crippen molar-refractivity contribution < 1.29 is 17.9 Å². The molecule has 0 saturated heterocycles. The molecule has 29 heavy (non-hydrogen) atoms. The third-order valence-corrected chi connectivity index (χ3v) is 6.81. The van der Waals surface area contributed by atoms with Crippen LogP contribution < -0.4 is 10.1 Å². The molecule has 0 unspecified atom stereocenters. The Bertz CT molecular complexity index is 936. The maximum absolute atomic E-state index is 12.7. The van der Waals surface area contributed by atoms with Gasteiger partial charge in [0.1, 0.15) is 5.75 Å². The highest BCUT2D eigenvalue weighted by molar-refractivity contribution is 7.89. The number of sulfonamides is 1. The average molecular weight is 419 g/mol. The van der Waals surface area contributed by atoms with Crippen molar-refractivity contribution in [1.82, 2.24) is 4.31 Å². The monoisotopic (exact) mass is 418 g/mol. The predicted octanol–water partition coefficient (Wildman–Crippen LogP) is 4.13. The van der Waals surface area contributed by atoms with Gasteiger partial charge in [0.05, 0.1) is 4.90 Å². The molecule has 6 nitrogen and oxygen atoms in total. The summed E-state index contributed by atoms with van der Waals surface area (Å²) in [5.74, 6) is 0.417. The number of carbonyl (C=O) groups excluding carboxylic acids is 1. The van der Waals surface area contributed by atoms with Crippen molar-refractivity contribution in [3.8, 4) is 5.75 Å². The number of hydrogen-bond donors (Lipinski definition) is 1. The number of aryl methyl sites for hydroxylation is 2. The Hall–Kier alpha value is -2.38. The molecule has 0 aliphatic heterocycles. The number of rotatable bonds is 9. The largest absolute Gasteiger partial charge is 0.480 e. The van der Waals surface area contributed by atoms with Gasteiger partial charge in [0.2, 0.25) is 10.0 Å². The highest BCUT2D eigenvalue weighted by Gasteiger charge is 2.22. The summed E-state index contributed by atoms with van der Waals surface area (Å²) in [6.07, 6.45) is -0.136. The zero-order valence-corrected chi connectivity index (χ0v) is 18.5. The lowest BCUT2D eigenvalue weighted by molar-refractivity contribution is -0.122. The van der Waals surface area contributed by atoms with Crippen molar-refractivity contribution in [1.29, 1.82) is 0 Å². The first-order valence-electron chi connectivity index (χ1n) is 9.87. The van der Waals surface area contributed by atoms with E-state index >= 15 is 0 Å². The van der Waals surface area contributed by atoms with Gasteiger partial charge in [0.25, 0.3) is 5.91 Å². The number of nitrogens with one attached hydrogen (secondary N) is 1. The van der Waals surface area contributed by atoms with E-state index in [0.29, 0.717) is 30.9 Å². The Labute approximate surface area is 173 Å². The Morgan fingerprint density at radius 1 is 1.03 bits per heavy atom. The lowest BCUT2D eigenvalue weighted by atomic mass is 10.1. The molecule has 0 aromatic heterocycles. The first-order chi connectivity index (χ1) is 13.7. The topological polar surface area (TPSA) is 75.7 Å². The molecule has 1 N–H and O–H groups in total. The van der Waals surface area contributed by atoms with Gasteiger partial charge in [-0.2, -0.15) is 4.31 Å². The summed E-state index contributed by atoms with van der Waals surface area (Å²) in [5, 5.41) is 2.81. The molecular formula is C22H30N2O4S. The molecule has 0 fully saturated rings. The number of carbonyl (C=O) groups is 1. The Morgan fingerprint density at radius 3 is 2.21 bits per heavy atom. The Kier molecular flexibility index (Phi) is 7.81. The lowest BCUT2D eigenvalue weighted by Crippen LogP contribution is -2.32. The van der Waals surface area contributed by atoms with Gasteiger partial charge in [-0.3, -0.25) is 4.79 Å². The molecule has 0 aliphatic carbocycles. The van der Waals surface area contributed by atoms with Crippen molar-refractivity contribution in [3.63, 3.8) is 0 Å². The van der Waals surface area contributed by atoms with Crippen LogP contribution in [-0.2, 0) is 14.8 Å². The molecule has 2 aromatic rings. The van der Waals surface area contributed by atoms with Crippen LogP contribution in [0.5, 0.6) is 5.75 Å². The van der Waals surface area contributed by atoms with Crippen LogP contribution in [-0.4, -0.2) is 37.8 Å². The molecule has 0 aliphatic rings. The van der Waals surface area contributed by atoms with Crippen LogP contribution in [0.4, 0.5) is 5.69 Å².